The van der Waals surface area contributed by atoms with Gasteiger partial charge in [-0.1, -0.05) is 0 Å². The molecule has 0 aliphatic rings. The van der Waals surface area contributed by atoms with E-state index in [9.17, 15) is 14.4 Å². The fourth-order valence-electron chi connectivity index (χ4n) is 0.698. The van der Waals surface area contributed by atoms with Crippen molar-refractivity contribution in [1.29, 1.82) is 0 Å². The summed E-state index contributed by atoms with van der Waals surface area (Å²) in [7, 11) is 0. The summed E-state index contributed by atoms with van der Waals surface area (Å²) >= 11 is 0. The molecule has 1 atom stereocenters. The lowest BCUT2D eigenvalue weighted by atomic mass is 10.3. The van der Waals surface area contributed by atoms with Crippen LogP contribution in [0.15, 0.2) is 0 Å². The number of carbonyl (C=O) groups is 3. The van der Waals surface area contributed by atoms with Gasteiger partial charge >= 0.3 is 6.09 Å². The fourth-order valence-corrected chi connectivity index (χ4v) is 0.698. The number of alkyl carbamates (subject to hydrolysis) is 1. The molecule has 0 fully saturated rings. The summed E-state index contributed by atoms with van der Waals surface area (Å²) in [6.07, 6.45) is -0.681. The molecule has 15 heavy (non-hydrogen) atoms. The molecule has 3 amide bonds. The Morgan fingerprint density at radius 2 is 2.00 bits per heavy atom. The van der Waals surface area contributed by atoms with E-state index < -0.39 is 23.9 Å². The molecule has 0 radical (unpaired) electrons. The van der Waals surface area contributed by atoms with Crippen LogP contribution < -0.4 is 16.4 Å². The van der Waals surface area contributed by atoms with E-state index in [0.717, 1.165) is 0 Å². The first-order chi connectivity index (χ1) is 6.97. The van der Waals surface area contributed by atoms with Crippen LogP contribution >= 0.6 is 0 Å². The lowest BCUT2D eigenvalue weighted by Crippen LogP contribution is -2.46. The number of rotatable bonds is 5. The van der Waals surface area contributed by atoms with Gasteiger partial charge in [0.2, 0.25) is 11.8 Å². The largest absolute Gasteiger partial charge is 0.450 e. The summed E-state index contributed by atoms with van der Waals surface area (Å²) < 4.78 is 4.52. The smallest absolute Gasteiger partial charge is 0.407 e. The minimum absolute atomic E-state index is 0.227. The number of carbonyl (C=O) groups excluding carboxylic acids is 3. The van der Waals surface area contributed by atoms with Crippen LogP contribution in [0.25, 0.3) is 0 Å². The number of ether oxygens (including phenoxy) is 1. The molecule has 4 N–H and O–H groups in total. The van der Waals surface area contributed by atoms with Crippen molar-refractivity contribution in [1.82, 2.24) is 10.6 Å². The number of nitrogens with one attached hydrogen (secondary N) is 2. The first-order valence-corrected chi connectivity index (χ1v) is 4.46. The molecule has 0 saturated heterocycles. The van der Waals surface area contributed by atoms with Crippen LogP contribution in [0, 0.1) is 0 Å². The Hall–Kier alpha value is -1.79. The zero-order valence-electron chi connectivity index (χ0n) is 8.70. The summed E-state index contributed by atoms with van der Waals surface area (Å²) in [6, 6.07) is -0.763. The van der Waals surface area contributed by atoms with Crippen LogP contribution in [-0.2, 0) is 14.3 Å². The van der Waals surface area contributed by atoms with Crippen molar-refractivity contribution < 1.29 is 19.1 Å². The van der Waals surface area contributed by atoms with Gasteiger partial charge in [0, 0.05) is 0 Å². The molecule has 0 aromatic heterocycles. The molecule has 0 rings (SSSR count). The van der Waals surface area contributed by atoms with E-state index in [1.807, 2.05) is 0 Å². The Balaban J connectivity index is 3.75. The molecule has 0 heterocycles. The van der Waals surface area contributed by atoms with Crippen molar-refractivity contribution in [2.24, 2.45) is 5.73 Å². The predicted molar refractivity (Wildman–Crippen MR) is 51.8 cm³/mol. The second-order valence-corrected chi connectivity index (χ2v) is 2.77. The predicted octanol–water partition coefficient (Wildman–Crippen LogP) is -1.28. The average Bonchev–Trinajstić information content (AvgIpc) is 2.15. The van der Waals surface area contributed by atoms with Gasteiger partial charge in [-0.2, -0.15) is 0 Å². The zero-order chi connectivity index (χ0) is 11.8. The molecule has 7 heteroatoms. The van der Waals surface area contributed by atoms with Crippen LogP contribution in [-0.4, -0.2) is 37.1 Å². The minimum Gasteiger partial charge on any atom is -0.450 e. The molecule has 0 spiro atoms. The van der Waals surface area contributed by atoms with Gasteiger partial charge in [-0.15, -0.1) is 0 Å². The highest BCUT2D eigenvalue weighted by atomic mass is 16.5. The Bertz CT molecular complexity index is 254. The number of primary amides is 1. The maximum Gasteiger partial charge on any atom is 0.407 e. The average molecular weight is 217 g/mol. The van der Waals surface area contributed by atoms with Crippen LogP contribution in [0.4, 0.5) is 4.79 Å². The van der Waals surface area contributed by atoms with E-state index in [4.69, 9.17) is 5.73 Å². The summed E-state index contributed by atoms with van der Waals surface area (Å²) in [5.74, 6) is -1.14. The van der Waals surface area contributed by atoms with Gasteiger partial charge in [-0.3, -0.25) is 9.59 Å². The molecule has 0 aliphatic heterocycles. The third kappa shape index (κ3) is 6.30. The maximum atomic E-state index is 11.1. The van der Waals surface area contributed by atoms with Crippen molar-refractivity contribution in [3.63, 3.8) is 0 Å². The minimum atomic E-state index is -0.763. The Morgan fingerprint density at radius 3 is 2.47 bits per heavy atom. The molecular weight excluding hydrogens is 202 g/mol. The fraction of sp³-hybridized carbons (Fsp3) is 0.625. The summed E-state index contributed by atoms with van der Waals surface area (Å²) in [5, 5.41) is 4.50. The lowest BCUT2D eigenvalue weighted by molar-refractivity contribution is -0.126. The SMILES string of the molecule is CCOC(=O)NCC(=O)NC(C)C(N)=O. The normalized spacial score (nSPS) is 11.3. The molecule has 7 nitrogen and oxygen atoms in total. The van der Waals surface area contributed by atoms with E-state index in [1.165, 1.54) is 6.92 Å². The monoisotopic (exact) mass is 217 g/mol. The Morgan fingerprint density at radius 1 is 1.40 bits per heavy atom. The third-order valence-electron chi connectivity index (χ3n) is 1.47. The second kappa shape index (κ2) is 6.63. The van der Waals surface area contributed by atoms with E-state index in [0.29, 0.717) is 0 Å². The van der Waals surface area contributed by atoms with Gasteiger partial charge in [-0.25, -0.2) is 4.79 Å². The van der Waals surface area contributed by atoms with Crippen molar-refractivity contribution in [2.45, 2.75) is 19.9 Å². The number of hydrogen-bond donors (Lipinski definition) is 3. The molecule has 1 unspecified atom stereocenters. The van der Waals surface area contributed by atoms with Crippen molar-refractivity contribution >= 4 is 17.9 Å². The molecule has 0 saturated carbocycles. The van der Waals surface area contributed by atoms with E-state index in [1.54, 1.807) is 6.92 Å². The molecular formula is C8H15N3O4. The summed E-state index contributed by atoms with van der Waals surface area (Å²) in [6.45, 7) is 3.07. The summed E-state index contributed by atoms with van der Waals surface area (Å²) in [5.41, 5.74) is 4.92. The quantitative estimate of drug-likeness (QED) is 0.532. The van der Waals surface area contributed by atoms with Crippen LogP contribution in [0.2, 0.25) is 0 Å². The van der Waals surface area contributed by atoms with Gasteiger partial charge in [0.1, 0.15) is 12.6 Å². The van der Waals surface area contributed by atoms with Crippen molar-refractivity contribution in [3.8, 4) is 0 Å². The van der Waals surface area contributed by atoms with Gasteiger partial charge in [0.05, 0.1) is 6.61 Å². The molecule has 0 aromatic carbocycles. The van der Waals surface area contributed by atoms with Gasteiger partial charge < -0.3 is 21.1 Å². The first-order valence-electron chi connectivity index (χ1n) is 4.46. The van der Waals surface area contributed by atoms with E-state index in [-0.39, 0.29) is 13.2 Å². The zero-order valence-corrected chi connectivity index (χ0v) is 8.70. The van der Waals surface area contributed by atoms with Gasteiger partial charge in [0.15, 0.2) is 0 Å². The molecule has 0 aliphatic carbocycles. The van der Waals surface area contributed by atoms with Gasteiger partial charge in [0.25, 0.3) is 0 Å². The van der Waals surface area contributed by atoms with Crippen LogP contribution in [0.1, 0.15) is 13.8 Å². The second-order valence-electron chi connectivity index (χ2n) is 2.77. The van der Waals surface area contributed by atoms with E-state index in [2.05, 4.69) is 15.4 Å². The molecule has 86 valence electrons. The number of amides is 3. The van der Waals surface area contributed by atoms with E-state index >= 15 is 0 Å². The summed E-state index contributed by atoms with van der Waals surface area (Å²) in [4.78, 5) is 32.4. The maximum absolute atomic E-state index is 11.1. The lowest BCUT2D eigenvalue weighted by Gasteiger charge is -2.10. The highest BCUT2D eigenvalue weighted by Crippen LogP contribution is 1.79. The van der Waals surface area contributed by atoms with Crippen LogP contribution in [0.5, 0.6) is 0 Å². The Kier molecular flexibility index (Phi) is 5.84. The van der Waals surface area contributed by atoms with Crippen molar-refractivity contribution in [2.75, 3.05) is 13.2 Å². The van der Waals surface area contributed by atoms with Crippen molar-refractivity contribution in [3.05, 3.63) is 0 Å². The van der Waals surface area contributed by atoms with Crippen LogP contribution in [0.3, 0.4) is 0 Å². The number of hydrogen-bond acceptors (Lipinski definition) is 4. The highest BCUT2D eigenvalue weighted by Gasteiger charge is 2.12. The van der Waals surface area contributed by atoms with Gasteiger partial charge in [-0.05, 0) is 13.8 Å². The molecule has 0 aromatic rings. The highest BCUT2D eigenvalue weighted by molar-refractivity contribution is 5.88. The number of nitrogens with two attached hydrogens (primary N) is 1. The third-order valence-corrected chi connectivity index (χ3v) is 1.47. The topological polar surface area (TPSA) is 111 Å². The Labute approximate surface area is 87.3 Å². The molecule has 0 bridgehead atoms. The first kappa shape index (κ1) is 13.2. The standard InChI is InChI=1S/C8H15N3O4/c1-3-15-8(14)10-4-6(12)11-5(2)7(9)13/h5H,3-4H2,1-2H3,(H2,9,13)(H,10,14)(H,11,12).